The molecule has 0 fully saturated rings. The number of ether oxygens (including phenoxy) is 1. The first-order valence-corrected chi connectivity index (χ1v) is 10.5. The van der Waals surface area contributed by atoms with Crippen molar-refractivity contribution in [3.8, 4) is 5.75 Å². The molecule has 0 radical (unpaired) electrons. The monoisotopic (exact) mass is 470 g/mol. The van der Waals surface area contributed by atoms with Crippen molar-refractivity contribution >= 4 is 46.6 Å². The van der Waals surface area contributed by atoms with Crippen molar-refractivity contribution in [3.63, 3.8) is 0 Å². The smallest absolute Gasteiger partial charge is 0.261 e. The Bertz CT molecular complexity index is 895. The van der Waals surface area contributed by atoms with Crippen molar-refractivity contribution < 1.29 is 14.3 Å². The summed E-state index contributed by atoms with van der Waals surface area (Å²) < 4.78 is 5.59. The van der Waals surface area contributed by atoms with E-state index in [1.165, 1.54) is 4.90 Å². The molecule has 1 atom stereocenters. The minimum atomic E-state index is -0.722. The fourth-order valence-corrected chi connectivity index (χ4v) is 3.10. The average molecular weight is 472 g/mol. The zero-order valence-corrected chi connectivity index (χ0v) is 19.6. The molecule has 0 saturated carbocycles. The zero-order chi connectivity index (χ0) is 22.5. The van der Waals surface area contributed by atoms with Gasteiger partial charge in [0.1, 0.15) is 11.8 Å². The minimum Gasteiger partial charge on any atom is -0.484 e. The highest BCUT2D eigenvalue weighted by Gasteiger charge is 2.28. The lowest BCUT2D eigenvalue weighted by Gasteiger charge is -2.31. The molecule has 0 aliphatic carbocycles. The van der Waals surface area contributed by atoms with Crippen LogP contribution >= 0.6 is 34.8 Å². The van der Waals surface area contributed by atoms with Crippen LogP contribution in [0.1, 0.15) is 33.3 Å². The maximum Gasteiger partial charge on any atom is 0.261 e. The van der Waals surface area contributed by atoms with Crippen molar-refractivity contribution in [2.75, 3.05) is 6.61 Å². The molecule has 8 heteroatoms. The molecule has 0 aromatic heterocycles. The molecule has 0 bridgehead atoms. The fourth-order valence-electron chi connectivity index (χ4n) is 2.65. The van der Waals surface area contributed by atoms with Crippen LogP contribution < -0.4 is 10.1 Å². The Morgan fingerprint density at radius 2 is 1.67 bits per heavy atom. The van der Waals surface area contributed by atoms with Gasteiger partial charge in [0.2, 0.25) is 5.91 Å². The summed E-state index contributed by atoms with van der Waals surface area (Å²) in [6, 6.07) is 11.1. The topological polar surface area (TPSA) is 58.6 Å². The van der Waals surface area contributed by atoms with Crippen LogP contribution in [0.25, 0.3) is 0 Å². The number of carbonyl (C=O) groups is 2. The van der Waals surface area contributed by atoms with E-state index in [9.17, 15) is 9.59 Å². The summed E-state index contributed by atoms with van der Waals surface area (Å²) in [5, 5.41) is 4.28. The Kier molecular flexibility index (Phi) is 8.42. The summed E-state index contributed by atoms with van der Waals surface area (Å²) >= 11 is 18.0. The highest BCUT2D eigenvalue weighted by molar-refractivity contribution is 6.42. The van der Waals surface area contributed by atoms with Crippen molar-refractivity contribution in [2.45, 2.75) is 45.8 Å². The van der Waals surface area contributed by atoms with Gasteiger partial charge in [0.15, 0.2) is 6.61 Å². The number of nitrogens with one attached hydrogen (secondary N) is 1. The molecule has 2 aromatic rings. The second kappa shape index (κ2) is 10.4. The molecule has 2 amide bonds. The molecule has 0 unspecified atom stereocenters. The van der Waals surface area contributed by atoms with Crippen LogP contribution in [-0.2, 0) is 16.1 Å². The van der Waals surface area contributed by atoms with Gasteiger partial charge in [0.05, 0.1) is 10.0 Å². The summed E-state index contributed by atoms with van der Waals surface area (Å²) in [7, 11) is 0. The number of benzene rings is 2. The molecule has 2 aromatic carbocycles. The van der Waals surface area contributed by atoms with Gasteiger partial charge in [-0.2, -0.15) is 0 Å². The molecule has 0 aliphatic rings. The summed E-state index contributed by atoms with van der Waals surface area (Å²) in [4.78, 5) is 27.2. The van der Waals surface area contributed by atoms with Gasteiger partial charge in [-0.05, 0) is 69.7 Å². The van der Waals surface area contributed by atoms with Crippen LogP contribution in [0.2, 0.25) is 15.1 Å². The molecule has 2 rings (SSSR count). The molecular formula is C22H25Cl3N2O3. The van der Waals surface area contributed by atoms with Crippen LogP contribution in [0.5, 0.6) is 5.75 Å². The molecule has 0 spiro atoms. The van der Waals surface area contributed by atoms with E-state index >= 15 is 0 Å². The first-order valence-electron chi connectivity index (χ1n) is 9.40. The SMILES string of the molecule is C[C@@H](C(=O)NC(C)(C)C)N(Cc1ccc(Cl)c(Cl)c1)C(=O)COc1ccc(Cl)cc1. The van der Waals surface area contributed by atoms with Gasteiger partial charge in [0.25, 0.3) is 5.91 Å². The Morgan fingerprint density at radius 3 is 2.23 bits per heavy atom. The number of nitrogens with zero attached hydrogens (tertiary/aromatic N) is 1. The fraction of sp³-hybridized carbons (Fsp3) is 0.364. The van der Waals surface area contributed by atoms with Crippen LogP contribution in [0.15, 0.2) is 42.5 Å². The summed E-state index contributed by atoms with van der Waals surface area (Å²) in [5.74, 6) is -0.0935. The molecule has 30 heavy (non-hydrogen) atoms. The van der Waals surface area contributed by atoms with Crippen molar-refractivity contribution in [2.24, 2.45) is 0 Å². The normalized spacial score (nSPS) is 12.2. The Morgan fingerprint density at radius 1 is 1.03 bits per heavy atom. The predicted octanol–water partition coefficient (Wildman–Crippen LogP) is 5.36. The third-order valence-corrected chi connectivity index (χ3v) is 5.17. The van der Waals surface area contributed by atoms with Gasteiger partial charge in [-0.3, -0.25) is 9.59 Å². The van der Waals surface area contributed by atoms with E-state index in [1.54, 1.807) is 49.4 Å². The number of hydrogen-bond acceptors (Lipinski definition) is 3. The van der Waals surface area contributed by atoms with E-state index in [0.717, 1.165) is 5.56 Å². The highest BCUT2D eigenvalue weighted by Crippen LogP contribution is 2.24. The number of amides is 2. The highest BCUT2D eigenvalue weighted by atomic mass is 35.5. The summed E-state index contributed by atoms with van der Waals surface area (Å²) in [6.45, 7) is 7.28. The maximum atomic E-state index is 13.0. The van der Waals surface area contributed by atoms with Crippen LogP contribution in [0.4, 0.5) is 0 Å². The van der Waals surface area contributed by atoms with Gasteiger partial charge < -0.3 is 15.0 Å². The molecular weight excluding hydrogens is 447 g/mol. The van der Waals surface area contributed by atoms with Gasteiger partial charge >= 0.3 is 0 Å². The molecule has 1 N–H and O–H groups in total. The van der Waals surface area contributed by atoms with Gasteiger partial charge in [-0.15, -0.1) is 0 Å². The van der Waals surface area contributed by atoms with Crippen molar-refractivity contribution in [3.05, 3.63) is 63.1 Å². The van der Waals surface area contributed by atoms with Gasteiger partial charge in [-0.1, -0.05) is 40.9 Å². The Labute approximate surface area is 192 Å². The van der Waals surface area contributed by atoms with Crippen molar-refractivity contribution in [1.29, 1.82) is 0 Å². The van der Waals surface area contributed by atoms with E-state index in [4.69, 9.17) is 39.5 Å². The van der Waals surface area contributed by atoms with Crippen LogP contribution in [0.3, 0.4) is 0 Å². The third-order valence-electron chi connectivity index (χ3n) is 4.18. The maximum absolute atomic E-state index is 13.0. The second-order valence-corrected chi connectivity index (χ2v) is 9.18. The summed E-state index contributed by atoms with van der Waals surface area (Å²) in [6.07, 6.45) is 0. The second-order valence-electron chi connectivity index (χ2n) is 7.93. The lowest BCUT2D eigenvalue weighted by atomic mass is 10.1. The van der Waals surface area contributed by atoms with Crippen molar-refractivity contribution in [1.82, 2.24) is 10.2 Å². The Hall–Kier alpha value is -1.95. The molecule has 0 aliphatic heterocycles. The largest absolute Gasteiger partial charge is 0.484 e. The lowest BCUT2D eigenvalue weighted by molar-refractivity contribution is -0.142. The first kappa shape index (κ1) is 24.3. The lowest BCUT2D eigenvalue weighted by Crippen LogP contribution is -2.53. The van der Waals surface area contributed by atoms with Gasteiger partial charge in [-0.25, -0.2) is 0 Å². The number of carbonyl (C=O) groups excluding carboxylic acids is 2. The predicted molar refractivity (Wildman–Crippen MR) is 121 cm³/mol. The third kappa shape index (κ3) is 7.38. The Balaban J connectivity index is 2.19. The molecule has 162 valence electrons. The van der Waals surface area contributed by atoms with Gasteiger partial charge in [0, 0.05) is 17.1 Å². The zero-order valence-electron chi connectivity index (χ0n) is 17.3. The summed E-state index contributed by atoms with van der Waals surface area (Å²) in [5.41, 5.74) is 0.323. The first-order chi connectivity index (χ1) is 14.0. The van der Waals surface area contributed by atoms with E-state index in [1.807, 2.05) is 20.8 Å². The number of rotatable bonds is 7. The standard InChI is InChI=1S/C22H25Cl3N2O3/c1-14(21(29)26-22(2,3)4)27(12-15-5-10-18(24)19(25)11-15)20(28)13-30-17-8-6-16(23)7-9-17/h5-11,14H,12-13H2,1-4H3,(H,26,29)/t14-/m0/s1. The number of halogens is 3. The number of hydrogen-bond donors (Lipinski definition) is 1. The average Bonchev–Trinajstić information content (AvgIpc) is 2.66. The minimum absolute atomic E-state index is 0.179. The van der Waals surface area contributed by atoms with E-state index in [2.05, 4.69) is 5.32 Å². The molecule has 0 saturated heterocycles. The van der Waals surface area contributed by atoms with E-state index < -0.39 is 11.6 Å². The molecule has 5 nitrogen and oxygen atoms in total. The van der Waals surface area contributed by atoms with Crippen LogP contribution in [-0.4, -0.2) is 34.9 Å². The van der Waals surface area contributed by atoms with Crippen LogP contribution in [0, 0.1) is 0 Å². The quantitative estimate of drug-likeness (QED) is 0.591. The van der Waals surface area contributed by atoms with E-state index in [-0.39, 0.29) is 25.0 Å². The van der Waals surface area contributed by atoms with E-state index in [0.29, 0.717) is 20.8 Å². The molecule has 0 heterocycles.